The van der Waals surface area contributed by atoms with E-state index in [1.165, 1.54) is 26.7 Å². The van der Waals surface area contributed by atoms with Crippen LogP contribution in [0.5, 0.6) is 0 Å². The van der Waals surface area contributed by atoms with Gasteiger partial charge in [0.25, 0.3) is 0 Å². The van der Waals surface area contributed by atoms with Crippen LogP contribution in [0.4, 0.5) is 0 Å². The summed E-state index contributed by atoms with van der Waals surface area (Å²) in [6.07, 6.45) is 4.25. The molecular weight excluding hydrogens is 587 g/mol. The van der Waals surface area contributed by atoms with Crippen LogP contribution in [0, 0.1) is 11.8 Å². The third-order valence-corrected chi connectivity index (χ3v) is 4.35. The number of nitrogens with one attached hydrogen (secondary N) is 4. The maximum atomic E-state index is 10.5. The minimum absolute atomic E-state index is 0. The Bertz CT molecular complexity index is 512. The van der Waals surface area contributed by atoms with E-state index in [1.807, 2.05) is 0 Å². The molecule has 4 unspecified atom stereocenters. The molecule has 31 heavy (non-hydrogen) atoms. The quantitative estimate of drug-likeness (QED) is 0.352. The first kappa shape index (κ1) is 34.1. The van der Waals surface area contributed by atoms with Gasteiger partial charge < -0.3 is 32.3 Å². The second-order valence-corrected chi connectivity index (χ2v) is 8.02. The van der Waals surface area contributed by atoms with Gasteiger partial charge in [0.05, 0.1) is 0 Å². The van der Waals surface area contributed by atoms with Crippen molar-refractivity contribution in [2.24, 2.45) is 11.8 Å². The van der Waals surface area contributed by atoms with E-state index >= 15 is 0 Å². The summed E-state index contributed by atoms with van der Waals surface area (Å²) in [5.74, 6) is -2.78. The number of carbonyl (C=O) groups excluding carboxylic acids is 2. The van der Waals surface area contributed by atoms with E-state index in [4.69, 9.17) is 21.7 Å². The Morgan fingerprint density at radius 1 is 0.742 bits per heavy atom. The molecular formula is C20H38N4O6Pt. The number of aliphatic carboxylic acids is 2. The average Bonchev–Trinajstić information content (AvgIpc) is 2.60. The predicted octanol–water partition coefficient (Wildman–Crippen LogP) is 2.86. The number of hydrogen-bond acceptors (Lipinski definition) is 4. The van der Waals surface area contributed by atoms with E-state index in [2.05, 4.69) is 10.6 Å². The van der Waals surface area contributed by atoms with Crippen LogP contribution < -0.4 is 10.6 Å². The molecule has 11 heteroatoms. The van der Waals surface area contributed by atoms with Crippen LogP contribution in [0.1, 0.15) is 67.2 Å². The van der Waals surface area contributed by atoms with Gasteiger partial charge in [0.2, 0.25) is 11.8 Å². The van der Waals surface area contributed by atoms with Crippen LogP contribution in [-0.4, -0.2) is 58.1 Å². The number of carboxylic acid groups (broad SMARTS) is 2. The van der Waals surface area contributed by atoms with Crippen molar-refractivity contribution in [3.05, 3.63) is 11.5 Å². The zero-order valence-electron chi connectivity index (χ0n) is 19.1. The van der Waals surface area contributed by atoms with Crippen molar-refractivity contribution in [3.8, 4) is 0 Å². The van der Waals surface area contributed by atoms with Gasteiger partial charge in [-0.1, -0.05) is 53.4 Å². The van der Waals surface area contributed by atoms with Gasteiger partial charge in [-0.25, -0.2) is 9.59 Å². The summed E-state index contributed by atoms with van der Waals surface area (Å²) in [4.78, 5) is 41.9. The number of carbonyl (C=O) groups is 4. The molecule has 0 bridgehead atoms. The molecule has 0 heterocycles. The molecule has 4 atom stereocenters. The number of rotatable bonds is 6. The van der Waals surface area contributed by atoms with Gasteiger partial charge >= 0.3 is 33.0 Å². The molecule has 1 aliphatic carbocycles. The largest absolute Gasteiger partial charge is 2.00 e. The van der Waals surface area contributed by atoms with Gasteiger partial charge in [-0.2, -0.15) is 12.1 Å². The fraction of sp³-hybridized carbons (Fsp3) is 0.800. The second kappa shape index (κ2) is 18.1. The van der Waals surface area contributed by atoms with E-state index in [-0.39, 0.29) is 56.8 Å². The fourth-order valence-electron chi connectivity index (χ4n) is 2.60. The zero-order chi connectivity index (χ0) is 24.0. The summed E-state index contributed by atoms with van der Waals surface area (Å²) in [6.45, 7) is 9.59. The van der Waals surface area contributed by atoms with E-state index in [9.17, 15) is 19.2 Å². The van der Waals surface area contributed by atoms with Crippen molar-refractivity contribution in [3.63, 3.8) is 0 Å². The van der Waals surface area contributed by atoms with Crippen molar-refractivity contribution in [1.82, 2.24) is 10.6 Å². The minimum Gasteiger partial charge on any atom is -0.676 e. The Balaban J connectivity index is -0.000000377. The summed E-state index contributed by atoms with van der Waals surface area (Å²) in [7, 11) is 0. The zero-order valence-corrected chi connectivity index (χ0v) is 21.4. The maximum absolute atomic E-state index is 10.5. The number of carboxylic acids is 2. The molecule has 2 amide bonds. The van der Waals surface area contributed by atoms with Crippen LogP contribution in [0.25, 0.3) is 11.5 Å². The van der Waals surface area contributed by atoms with Gasteiger partial charge in [0.15, 0.2) is 0 Å². The predicted molar refractivity (Wildman–Crippen MR) is 115 cm³/mol. The normalized spacial score (nSPS) is 19.3. The maximum Gasteiger partial charge on any atom is 2.00 e. The summed E-state index contributed by atoms with van der Waals surface area (Å²) in [5.41, 5.74) is 14.6. The summed E-state index contributed by atoms with van der Waals surface area (Å²) >= 11 is 0. The van der Waals surface area contributed by atoms with Crippen molar-refractivity contribution in [2.45, 2.75) is 91.4 Å². The van der Waals surface area contributed by atoms with Crippen LogP contribution in [0.3, 0.4) is 0 Å². The van der Waals surface area contributed by atoms with Gasteiger partial charge in [-0.3, -0.25) is 9.59 Å². The molecule has 184 valence electrons. The first-order valence-corrected chi connectivity index (χ1v) is 10.1. The molecule has 0 aromatic heterocycles. The summed E-state index contributed by atoms with van der Waals surface area (Å²) in [6, 6.07) is -1.70. The van der Waals surface area contributed by atoms with Crippen molar-refractivity contribution in [1.29, 1.82) is 0 Å². The Morgan fingerprint density at radius 3 is 1.10 bits per heavy atom. The first-order chi connectivity index (χ1) is 13.7. The van der Waals surface area contributed by atoms with Crippen LogP contribution in [0.2, 0.25) is 0 Å². The molecule has 1 fully saturated rings. The Hall–Kier alpha value is -1.51. The van der Waals surface area contributed by atoms with Gasteiger partial charge in [-0.05, 0) is 11.8 Å². The van der Waals surface area contributed by atoms with Gasteiger partial charge in [0, 0.05) is 13.8 Å². The molecule has 0 spiro atoms. The number of hydrogen-bond donors (Lipinski definition) is 4. The Morgan fingerprint density at radius 2 is 1.00 bits per heavy atom. The summed E-state index contributed by atoms with van der Waals surface area (Å²) < 4.78 is 0. The number of amides is 2. The molecule has 0 saturated heterocycles. The monoisotopic (exact) mass is 625 g/mol. The third kappa shape index (κ3) is 17.8. The SMILES string of the molecule is CC(=O)NC(C(=O)O)C(C)C.CC(=O)NC(C(=O)O)C(C)C.[NH-]C1CCCCC1[NH-].[Pt+2]. The van der Waals surface area contributed by atoms with Crippen molar-refractivity contribution in [2.75, 3.05) is 0 Å². The van der Waals surface area contributed by atoms with Crippen LogP contribution in [-0.2, 0) is 40.2 Å². The Kier molecular flexibility index (Phi) is 19.9. The van der Waals surface area contributed by atoms with E-state index in [0.29, 0.717) is 0 Å². The molecule has 0 aromatic carbocycles. The molecule has 0 aliphatic heterocycles. The van der Waals surface area contributed by atoms with E-state index < -0.39 is 24.0 Å². The van der Waals surface area contributed by atoms with Gasteiger partial charge in [0.1, 0.15) is 12.1 Å². The molecule has 1 aliphatic rings. The smallest absolute Gasteiger partial charge is 0.676 e. The van der Waals surface area contributed by atoms with Crippen molar-refractivity contribution < 1.29 is 50.5 Å². The second-order valence-electron chi connectivity index (χ2n) is 8.02. The minimum atomic E-state index is -0.991. The van der Waals surface area contributed by atoms with E-state index in [1.54, 1.807) is 27.7 Å². The standard InChI is InChI=1S/2C7H13NO3.C6H12N2.Pt/c2*1-4(2)6(7(10)11)8-5(3)9;7-5-3-1-2-4-6(5)8;/h2*4,6H,1-3H3,(H,8,9)(H,10,11);5-8H,1-4H2;/q;;-2;+2. The van der Waals surface area contributed by atoms with Crippen LogP contribution in [0.15, 0.2) is 0 Å². The molecule has 0 radical (unpaired) electrons. The van der Waals surface area contributed by atoms with Crippen LogP contribution >= 0.6 is 0 Å². The molecule has 1 rings (SSSR count). The molecule has 0 aromatic rings. The molecule has 6 N–H and O–H groups in total. The third-order valence-electron chi connectivity index (χ3n) is 4.35. The van der Waals surface area contributed by atoms with Gasteiger partial charge in [-0.15, -0.1) is 0 Å². The molecule has 10 nitrogen and oxygen atoms in total. The molecule has 1 saturated carbocycles. The van der Waals surface area contributed by atoms with Crippen molar-refractivity contribution >= 4 is 23.8 Å². The fourth-order valence-corrected chi connectivity index (χ4v) is 2.60. The first-order valence-electron chi connectivity index (χ1n) is 10.1. The Labute approximate surface area is 199 Å². The average molecular weight is 626 g/mol. The van der Waals surface area contributed by atoms with E-state index in [0.717, 1.165) is 12.8 Å². The topological polar surface area (TPSA) is 180 Å². The summed E-state index contributed by atoms with van der Waals surface area (Å²) in [5, 5.41) is 21.8.